The average molecular weight is 329 g/mol. The topological polar surface area (TPSA) is 50.9 Å². The maximum absolute atomic E-state index is 14.7. The lowest BCUT2D eigenvalue weighted by Gasteiger charge is -2.35. The van der Waals surface area contributed by atoms with Crippen molar-refractivity contribution in [2.75, 3.05) is 0 Å². The van der Waals surface area contributed by atoms with Gasteiger partial charge in [0.2, 0.25) is 0 Å². The van der Waals surface area contributed by atoms with Crippen LogP contribution < -0.4 is 0 Å². The van der Waals surface area contributed by atoms with Gasteiger partial charge in [-0.15, -0.1) is 0 Å². The van der Waals surface area contributed by atoms with E-state index in [9.17, 15) is 18.3 Å². The fourth-order valence-electron chi connectivity index (χ4n) is 2.12. The van der Waals surface area contributed by atoms with Gasteiger partial charge in [0.05, 0.1) is 6.54 Å². The summed E-state index contributed by atoms with van der Waals surface area (Å²) < 4.78 is 43.6. The summed E-state index contributed by atoms with van der Waals surface area (Å²) >= 11 is 0.457. The van der Waals surface area contributed by atoms with Gasteiger partial charge in [-0.2, -0.15) is 13.9 Å². The van der Waals surface area contributed by atoms with Gasteiger partial charge in [0.1, 0.15) is 18.5 Å². The monoisotopic (exact) mass is 329 g/mol. The molecule has 1 aromatic heterocycles. The molecular weight excluding hydrogens is 315 g/mol. The molecule has 1 saturated carbocycles. The van der Waals surface area contributed by atoms with Crippen molar-refractivity contribution in [2.24, 2.45) is 0 Å². The van der Waals surface area contributed by atoms with Gasteiger partial charge in [-0.25, -0.2) is 14.1 Å². The number of aliphatic hydroxyl groups is 1. The van der Waals surface area contributed by atoms with Gasteiger partial charge in [-0.3, -0.25) is 0 Å². The average Bonchev–Trinajstić information content (AvgIpc) is 3.12. The second kappa shape index (κ2) is 5.58. The molecule has 8 heteroatoms. The number of halogens is 3. The minimum absolute atomic E-state index is 0.0532. The molecule has 1 fully saturated rings. The Morgan fingerprint density at radius 3 is 2.50 bits per heavy atom. The molecule has 0 amide bonds. The molecule has 3 rings (SSSR count). The van der Waals surface area contributed by atoms with E-state index < -0.39 is 23.2 Å². The molecule has 1 aliphatic carbocycles. The highest BCUT2D eigenvalue weighted by Gasteiger charge is 2.57. The van der Waals surface area contributed by atoms with E-state index >= 15 is 0 Å². The molecule has 1 N–H and O–H groups in total. The largest absolute Gasteiger partial charge is 0.376 e. The zero-order valence-electron chi connectivity index (χ0n) is 11.5. The summed E-state index contributed by atoms with van der Waals surface area (Å²) in [6.45, 7) is -0.467. The summed E-state index contributed by atoms with van der Waals surface area (Å²) in [5.41, 5.74) is -2.55. The summed E-state index contributed by atoms with van der Waals surface area (Å²) in [6, 6.07) is 4.46. The molecule has 22 heavy (non-hydrogen) atoms. The van der Waals surface area contributed by atoms with Crippen LogP contribution in [-0.2, 0) is 12.1 Å². The van der Waals surface area contributed by atoms with Gasteiger partial charge in [0.25, 0.3) is 0 Å². The molecule has 2 aromatic rings. The van der Waals surface area contributed by atoms with Crippen LogP contribution in [0.1, 0.15) is 18.4 Å². The third-order valence-electron chi connectivity index (χ3n) is 3.50. The number of thioether (sulfide) groups is 1. The van der Waals surface area contributed by atoms with Crippen LogP contribution in [0.3, 0.4) is 0 Å². The molecule has 118 valence electrons. The minimum atomic E-state index is -3.43. The molecule has 1 atom stereocenters. The van der Waals surface area contributed by atoms with Crippen LogP contribution in [0, 0.1) is 5.82 Å². The normalized spacial score (nSPS) is 18.2. The van der Waals surface area contributed by atoms with Crippen LogP contribution >= 0.6 is 11.8 Å². The van der Waals surface area contributed by atoms with Gasteiger partial charge in [0.15, 0.2) is 5.60 Å². The number of hydrogen-bond donors (Lipinski definition) is 1. The Morgan fingerprint density at radius 1 is 1.27 bits per heavy atom. The Balaban J connectivity index is 1.97. The van der Waals surface area contributed by atoms with Crippen LogP contribution in [0.25, 0.3) is 0 Å². The number of rotatable bonds is 6. The molecule has 4 nitrogen and oxygen atoms in total. The van der Waals surface area contributed by atoms with Crippen molar-refractivity contribution in [3.05, 3.63) is 48.3 Å². The van der Waals surface area contributed by atoms with Crippen molar-refractivity contribution in [2.45, 2.75) is 35.5 Å². The highest BCUT2D eigenvalue weighted by atomic mass is 32.2. The lowest BCUT2D eigenvalue weighted by Crippen LogP contribution is -2.47. The van der Waals surface area contributed by atoms with Crippen LogP contribution in [0.15, 0.2) is 36.9 Å². The van der Waals surface area contributed by atoms with Gasteiger partial charge < -0.3 is 5.11 Å². The Bertz CT molecular complexity index is 631. The van der Waals surface area contributed by atoms with Crippen LogP contribution in [0.4, 0.5) is 13.2 Å². The number of benzene rings is 1. The Morgan fingerprint density at radius 2 is 1.95 bits per heavy atom. The third-order valence-corrected chi connectivity index (χ3v) is 4.94. The Labute approximate surface area is 129 Å². The van der Waals surface area contributed by atoms with E-state index in [2.05, 4.69) is 10.1 Å². The Kier molecular flexibility index (Phi) is 3.90. The van der Waals surface area contributed by atoms with E-state index in [0.717, 1.165) is 16.8 Å². The predicted molar refractivity (Wildman–Crippen MR) is 75.9 cm³/mol. The first-order chi connectivity index (χ1) is 10.4. The minimum Gasteiger partial charge on any atom is -0.376 e. The van der Waals surface area contributed by atoms with E-state index in [1.807, 2.05) is 0 Å². The quantitative estimate of drug-likeness (QED) is 0.885. The highest BCUT2D eigenvalue weighted by molar-refractivity contribution is 8.01. The van der Waals surface area contributed by atoms with Crippen LogP contribution in [-0.4, -0.2) is 30.4 Å². The van der Waals surface area contributed by atoms with Crippen LogP contribution in [0.2, 0.25) is 0 Å². The fraction of sp³-hybridized carbons (Fsp3) is 0.429. The summed E-state index contributed by atoms with van der Waals surface area (Å²) in [6.07, 6.45) is 3.88. The first kappa shape index (κ1) is 15.4. The van der Waals surface area contributed by atoms with E-state index in [4.69, 9.17) is 0 Å². The third kappa shape index (κ3) is 2.98. The van der Waals surface area contributed by atoms with E-state index in [0.29, 0.717) is 24.6 Å². The Hall–Kier alpha value is -1.54. The molecule has 1 unspecified atom stereocenters. The van der Waals surface area contributed by atoms with Gasteiger partial charge in [-0.1, -0.05) is 23.9 Å². The lowest BCUT2D eigenvalue weighted by molar-refractivity contribution is -0.138. The highest BCUT2D eigenvalue weighted by Crippen LogP contribution is 2.52. The maximum atomic E-state index is 14.7. The fourth-order valence-corrected chi connectivity index (χ4v) is 3.29. The number of alkyl halides is 2. The molecule has 1 heterocycles. The lowest BCUT2D eigenvalue weighted by atomic mass is 9.93. The SMILES string of the molecule is OC(Cn1cncn1)(c1ccc(F)cc1)C(F)(F)SC1CC1. The summed E-state index contributed by atoms with van der Waals surface area (Å²) in [5, 5.41) is 11.0. The molecule has 1 aliphatic rings. The van der Waals surface area contributed by atoms with Gasteiger partial charge >= 0.3 is 5.25 Å². The summed E-state index contributed by atoms with van der Waals surface area (Å²) in [7, 11) is 0. The van der Waals surface area contributed by atoms with Crippen LogP contribution in [0.5, 0.6) is 0 Å². The zero-order valence-corrected chi connectivity index (χ0v) is 12.3. The molecule has 0 radical (unpaired) electrons. The molecule has 1 aromatic carbocycles. The first-order valence-electron chi connectivity index (χ1n) is 6.77. The number of nitrogens with zero attached hydrogens (tertiary/aromatic N) is 3. The van der Waals surface area contributed by atoms with E-state index in [1.165, 1.54) is 24.8 Å². The van der Waals surface area contributed by atoms with Gasteiger partial charge in [0, 0.05) is 5.25 Å². The number of aromatic nitrogens is 3. The number of hydrogen-bond acceptors (Lipinski definition) is 4. The molecule has 0 aliphatic heterocycles. The zero-order chi connectivity index (χ0) is 15.8. The van der Waals surface area contributed by atoms with Crippen molar-refractivity contribution in [3.8, 4) is 0 Å². The second-order valence-corrected chi connectivity index (χ2v) is 6.71. The second-order valence-electron chi connectivity index (χ2n) is 5.29. The van der Waals surface area contributed by atoms with E-state index in [1.54, 1.807) is 0 Å². The summed E-state index contributed by atoms with van der Waals surface area (Å²) in [4.78, 5) is 3.70. The van der Waals surface area contributed by atoms with Gasteiger partial charge in [-0.05, 0) is 30.5 Å². The summed E-state index contributed by atoms with van der Waals surface area (Å²) in [5.74, 6) is -0.551. The van der Waals surface area contributed by atoms with Crippen molar-refractivity contribution in [1.82, 2.24) is 14.8 Å². The predicted octanol–water partition coefficient (Wildman–Crippen LogP) is 2.79. The first-order valence-corrected chi connectivity index (χ1v) is 7.65. The molecular formula is C14H14F3N3OS. The van der Waals surface area contributed by atoms with Crippen molar-refractivity contribution in [1.29, 1.82) is 0 Å². The molecule has 0 saturated heterocycles. The molecule has 0 bridgehead atoms. The smallest absolute Gasteiger partial charge is 0.328 e. The standard InChI is InChI=1S/C14H14F3N3OS/c15-11-3-1-10(2-4-11)13(21,7-20-9-18-8-19-20)14(16,17)22-12-5-6-12/h1-4,8-9,12,21H,5-7H2. The van der Waals surface area contributed by atoms with Crippen molar-refractivity contribution in [3.63, 3.8) is 0 Å². The molecule has 0 spiro atoms. The van der Waals surface area contributed by atoms with Crippen molar-refractivity contribution < 1.29 is 18.3 Å². The maximum Gasteiger partial charge on any atom is 0.328 e. The van der Waals surface area contributed by atoms with E-state index in [-0.39, 0.29) is 10.8 Å². The van der Waals surface area contributed by atoms with Crippen molar-refractivity contribution >= 4 is 11.8 Å².